The van der Waals surface area contributed by atoms with Crippen molar-refractivity contribution in [2.45, 2.75) is 6.10 Å². The second-order valence-electron chi connectivity index (χ2n) is 3.82. The quantitative estimate of drug-likeness (QED) is 0.637. The van der Waals surface area contributed by atoms with E-state index in [1.54, 1.807) is 6.08 Å². The molecule has 2 nitrogen and oxygen atoms in total. The van der Waals surface area contributed by atoms with Gasteiger partial charge in [0.2, 0.25) is 0 Å². The lowest BCUT2D eigenvalue weighted by molar-refractivity contribution is 0.231. The molecule has 74 valence electrons. The minimum absolute atomic E-state index is 0.580. The van der Waals surface area contributed by atoms with Crippen LogP contribution in [0.1, 0.15) is 17.2 Å². The zero-order valence-corrected chi connectivity index (χ0v) is 8.14. The number of rotatable bonds is 0. The number of aliphatic hydroxyl groups is 1. The maximum atomic E-state index is 9.89. The van der Waals surface area contributed by atoms with Crippen molar-refractivity contribution in [2.75, 3.05) is 5.73 Å². The number of hydrogen-bond acceptors (Lipinski definition) is 2. The first-order valence-corrected chi connectivity index (χ1v) is 4.95. The van der Waals surface area contributed by atoms with Gasteiger partial charge in [0.1, 0.15) is 6.10 Å². The average Bonchev–Trinajstić information content (AvgIpc) is 2.25. The molecule has 1 unspecified atom stereocenters. The summed E-state index contributed by atoms with van der Waals surface area (Å²) in [7, 11) is 0. The van der Waals surface area contributed by atoms with E-state index in [-0.39, 0.29) is 0 Å². The lowest BCUT2D eigenvalue weighted by atomic mass is 9.90. The molecule has 3 rings (SSSR count). The molecule has 0 fully saturated rings. The first-order chi connectivity index (χ1) is 7.27. The second kappa shape index (κ2) is 2.84. The molecule has 1 aliphatic rings. The summed E-state index contributed by atoms with van der Waals surface area (Å²) in [5, 5.41) is 12.1. The summed E-state index contributed by atoms with van der Waals surface area (Å²) >= 11 is 0. The Morgan fingerprint density at radius 1 is 1.13 bits per heavy atom. The topological polar surface area (TPSA) is 46.2 Å². The Balaban J connectivity index is 2.54. The molecule has 0 spiro atoms. The lowest BCUT2D eigenvalue weighted by Crippen LogP contribution is -2.04. The minimum atomic E-state index is -0.580. The number of anilines is 1. The van der Waals surface area contributed by atoms with E-state index in [4.69, 9.17) is 5.73 Å². The third kappa shape index (κ3) is 1.09. The average molecular weight is 197 g/mol. The van der Waals surface area contributed by atoms with Crippen LogP contribution >= 0.6 is 0 Å². The first kappa shape index (κ1) is 8.50. The Hall–Kier alpha value is -1.80. The van der Waals surface area contributed by atoms with Gasteiger partial charge in [-0.2, -0.15) is 0 Å². The van der Waals surface area contributed by atoms with Gasteiger partial charge in [0.15, 0.2) is 0 Å². The van der Waals surface area contributed by atoms with Crippen molar-refractivity contribution in [2.24, 2.45) is 0 Å². The van der Waals surface area contributed by atoms with Crippen LogP contribution in [-0.4, -0.2) is 5.11 Å². The van der Waals surface area contributed by atoms with Crippen LogP contribution in [0.15, 0.2) is 36.4 Å². The summed E-state index contributed by atoms with van der Waals surface area (Å²) in [5.74, 6) is 0. The van der Waals surface area contributed by atoms with Crippen LogP contribution in [0.4, 0.5) is 5.69 Å². The lowest BCUT2D eigenvalue weighted by Gasteiger charge is -2.19. The van der Waals surface area contributed by atoms with Crippen LogP contribution in [0.2, 0.25) is 0 Å². The Kier molecular flexibility index (Phi) is 1.61. The SMILES string of the molecule is Nc1ccc2cccc3c2c1C(O)C=C3. The highest BCUT2D eigenvalue weighted by Gasteiger charge is 2.17. The first-order valence-electron chi connectivity index (χ1n) is 4.95. The van der Waals surface area contributed by atoms with Gasteiger partial charge in [0.25, 0.3) is 0 Å². The molecule has 3 N–H and O–H groups in total. The van der Waals surface area contributed by atoms with Gasteiger partial charge in [-0.1, -0.05) is 36.4 Å². The van der Waals surface area contributed by atoms with E-state index in [0.29, 0.717) is 5.69 Å². The van der Waals surface area contributed by atoms with Gasteiger partial charge >= 0.3 is 0 Å². The maximum absolute atomic E-state index is 9.89. The van der Waals surface area contributed by atoms with Gasteiger partial charge in [-0.05, 0) is 22.4 Å². The maximum Gasteiger partial charge on any atom is 0.100 e. The fourth-order valence-corrected chi connectivity index (χ4v) is 2.20. The Morgan fingerprint density at radius 3 is 2.87 bits per heavy atom. The van der Waals surface area contributed by atoms with E-state index in [2.05, 4.69) is 0 Å². The number of nitrogens with two attached hydrogens (primary N) is 1. The zero-order chi connectivity index (χ0) is 10.4. The van der Waals surface area contributed by atoms with E-state index in [1.165, 1.54) is 0 Å². The van der Waals surface area contributed by atoms with Gasteiger partial charge in [-0.25, -0.2) is 0 Å². The van der Waals surface area contributed by atoms with Crippen LogP contribution in [-0.2, 0) is 0 Å². The molecule has 1 atom stereocenters. The Labute approximate surface area is 87.6 Å². The fraction of sp³-hybridized carbons (Fsp3) is 0.0769. The largest absolute Gasteiger partial charge is 0.398 e. The molecule has 0 heterocycles. The van der Waals surface area contributed by atoms with E-state index in [9.17, 15) is 5.11 Å². The van der Waals surface area contributed by atoms with E-state index >= 15 is 0 Å². The molecule has 0 aliphatic heterocycles. The highest BCUT2D eigenvalue weighted by Crippen LogP contribution is 2.36. The molecular formula is C13H11NO. The summed E-state index contributed by atoms with van der Waals surface area (Å²) in [6.07, 6.45) is 3.14. The van der Waals surface area contributed by atoms with Crippen LogP contribution in [0.5, 0.6) is 0 Å². The molecule has 1 aliphatic carbocycles. The number of benzene rings is 2. The van der Waals surface area contributed by atoms with E-state index in [0.717, 1.165) is 21.9 Å². The second-order valence-corrected chi connectivity index (χ2v) is 3.82. The van der Waals surface area contributed by atoms with Crippen molar-refractivity contribution in [3.63, 3.8) is 0 Å². The minimum Gasteiger partial charge on any atom is -0.398 e. The van der Waals surface area contributed by atoms with Gasteiger partial charge in [-0.3, -0.25) is 0 Å². The normalized spacial score (nSPS) is 18.3. The molecule has 0 bridgehead atoms. The van der Waals surface area contributed by atoms with Gasteiger partial charge in [0, 0.05) is 11.3 Å². The van der Waals surface area contributed by atoms with Crippen LogP contribution in [0, 0.1) is 0 Å². The highest BCUT2D eigenvalue weighted by molar-refractivity contribution is 5.98. The number of hydrogen-bond donors (Lipinski definition) is 2. The summed E-state index contributed by atoms with van der Waals surface area (Å²) < 4.78 is 0. The molecule has 15 heavy (non-hydrogen) atoms. The van der Waals surface area contributed by atoms with Crippen molar-refractivity contribution < 1.29 is 5.11 Å². The van der Waals surface area contributed by atoms with Crippen LogP contribution in [0.3, 0.4) is 0 Å². The van der Waals surface area contributed by atoms with Crippen molar-refractivity contribution in [3.8, 4) is 0 Å². The van der Waals surface area contributed by atoms with E-state index < -0.39 is 6.10 Å². The highest BCUT2D eigenvalue weighted by atomic mass is 16.3. The molecule has 0 saturated heterocycles. The third-order valence-electron chi connectivity index (χ3n) is 2.91. The molecule has 0 saturated carbocycles. The summed E-state index contributed by atoms with van der Waals surface area (Å²) in [5.41, 5.74) is 8.52. The summed E-state index contributed by atoms with van der Waals surface area (Å²) in [6, 6.07) is 9.92. The Morgan fingerprint density at radius 2 is 2.00 bits per heavy atom. The van der Waals surface area contributed by atoms with E-state index in [1.807, 2.05) is 36.4 Å². The molecule has 2 aromatic carbocycles. The predicted molar refractivity (Wildman–Crippen MR) is 62.4 cm³/mol. The van der Waals surface area contributed by atoms with Crippen LogP contribution in [0.25, 0.3) is 16.8 Å². The third-order valence-corrected chi connectivity index (χ3v) is 2.91. The molecular weight excluding hydrogens is 186 g/mol. The van der Waals surface area contributed by atoms with Crippen molar-refractivity contribution in [3.05, 3.63) is 47.5 Å². The monoisotopic (exact) mass is 197 g/mol. The molecule has 2 aromatic rings. The predicted octanol–water partition coefficient (Wildman–Crippen LogP) is 2.48. The van der Waals surface area contributed by atoms with Gasteiger partial charge < -0.3 is 10.8 Å². The molecule has 2 heteroatoms. The molecule has 0 amide bonds. The molecule has 0 radical (unpaired) electrons. The summed E-state index contributed by atoms with van der Waals surface area (Å²) in [6.45, 7) is 0. The van der Waals surface area contributed by atoms with Crippen molar-refractivity contribution >= 4 is 22.5 Å². The Bertz CT molecular complexity index is 572. The molecule has 0 aromatic heterocycles. The van der Waals surface area contributed by atoms with Crippen molar-refractivity contribution in [1.82, 2.24) is 0 Å². The van der Waals surface area contributed by atoms with Gasteiger partial charge in [0.05, 0.1) is 0 Å². The van der Waals surface area contributed by atoms with Crippen molar-refractivity contribution in [1.29, 1.82) is 0 Å². The number of aliphatic hydroxyl groups excluding tert-OH is 1. The van der Waals surface area contributed by atoms with Gasteiger partial charge in [-0.15, -0.1) is 0 Å². The summed E-state index contributed by atoms with van der Waals surface area (Å²) in [4.78, 5) is 0. The zero-order valence-electron chi connectivity index (χ0n) is 8.14. The standard InChI is InChI=1S/C13H11NO/c14-10-6-4-8-2-1-3-9-5-7-11(15)13(10)12(8)9/h1-7,11,15H,14H2. The number of nitrogen functional groups attached to an aromatic ring is 1. The van der Waals surface area contributed by atoms with Crippen LogP contribution < -0.4 is 5.73 Å². The fourth-order valence-electron chi connectivity index (χ4n) is 2.20. The smallest absolute Gasteiger partial charge is 0.100 e.